The number of carbonyl (C=O) groups excluding carboxylic acids is 2. The van der Waals surface area contributed by atoms with Crippen LogP contribution in [0.5, 0.6) is 0 Å². The van der Waals surface area contributed by atoms with E-state index in [1.807, 2.05) is 33.3 Å². The molecule has 0 saturated carbocycles. The molecule has 0 aliphatic rings. The molecule has 0 aromatic carbocycles. The highest BCUT2D eigenvalue weighted by Gasteiger charge is 2.27. The van der Waals surface area contributed by atoms with Gasteiger partial charge in [0.05, 0.1) is 33.8 Å². The first-order valence-electron chi connectivity index (χ1n) is 33.3. The van der Waals surface area contributed by atoms with Crippen molar-refractivity contribution in [2.24, 2.45) is 0 Å². The Bertz CT molecular complexity index is 1410. The molecule has 0 saturated heterocycles. The molecule has 0 spiro atoms. The van der Waals surface area contributed by atoms with Crippen LogP contribution in [0.1, 0.15) is 329 Å². The lowest BCUT2D eigenvalue weighted by Gasteiger charge is -2.30. The number of likely N-dealkylation sites (N-methyl/N-ethyl adjacent to an activating group) is 1. The Balaban J connectivity index is 5.02. The smallest absolute Gasteiger partial charge is 0.306 e. The van der Waals surface area contributed by atoms with Gasteiger partial charge in [0.2, 0.25) is 5.91 Å². The predicted octanol–water partition coefficient (Wildman–Crippen LogP) is 20.0. The third-order valence-electron chi connectivity index (χ3n) is 15.0. The van der Waals surface area contributed by atoms with Gasteiger partial charge in [-0.15, -0.1) is 0 Å². The highest BCUT2D eigenvalue weighted by molar-refractivity contribution is 7.45. The lowest BCUT2D eigenvalue weighted by atomic mass is 10.0. The van der Waals surface area contributed by atoms with Crippen LogP contribution in [0.4, 0.5) is 0 Å². The average molecular weight is 1110 g/mol. The number of phosphoric acid groups is 1. The normalized spacial score (nSPS) is 13.8. The fourth-order valence-electron chi connectivity index (χ4n) is 9.87. The summed E-state index contributed by atoms with van der Waals surface area (Å²) >= 11 is 0. The van der Waals surface area contributed by atoms with Crippen LogP contribution in [-0.2, 0) is 27.9 Å². The van der Waals surface area contributed by atoms with E-state index >= 15 is 0 Å². The van der Waals surface area contributed by atoms with Gasteiger partial charge in [-0.05, 0) is 83.1 Å². The molecule has 0 bridgehead atoms. The first-order chi connectivity index (χ1) is 37.4. The minimum atomic E-state index is -4.70. The summed E-state index contributed by atoms with van der Waals surface area (Å²) in [4.78, 5) is 40.0. The zero-order valence-corrected chi connectivity index (χ0v) is 52.8. The summed E-state index contributed by atoms with van der Waals surface area (Å²) in [5, 5.41) is 3.04. The minimum Gasteiger partial charge on any atom is -0.756 e. The second-order valence-electron chi connectivity index (χ2n) is 24.0. The molecule has 77 heavy (non-hydrogen) atoms. The van der Waals surface area contributed by atoms with E-state index in [0.717, 1.165) is 70.6 Å². The summed E-state index contributed by atoms with van der Waals surface area (Å²) in [5.74, 6) is -0.533. The number of phosphoric ester groups is 1. The van der Waals surface area contributed by atoms with Crippen LogP contribution >= 0.6 is 7.82 Å². The first kappa shape index (κ1) is 75.2. The van der Waals surface area contributed by atoms with Crippen molar-refractivity contribution in [1.82, 2.24) is 5.32 Å². The maximum Gasteiger partial charge on any atom is 0.306 e. The van der Waals surface area contributed by atoms with Crippen molar-refractivity contribution < 1.29 is 37.3 Å². The molecular weight excluding hydrogens is 976 g/mol. The Labute approximate surface area is 478 Å². The van der Waals surface area contributed by atoms with Gasteiger partial charge in [-0.25, -0.2) is 0 Å². The Hall–Kier alpha value is -1.77. The fourth-order valence-corrected chi connectivity index (χ4v) is 10.6. The highest BCUT2D eigenvalue weighted by atomic mass is 31.2. The van der Waals surface area contributed by atoms with Crippen LogP contribution in [0, 0.1) is 0 Å². The average Bonchev–Trinajstić information content (AvgIpc) is 3.39. The molecule has 0 aromatic rings. The van der Waals surface area contributed by atoms with Crippen molar-refractivity contribution in [3.05, 3.63) is 36.5 Å². The number of nitrogens with one attached hydrogen (secondary N) is 1. The Morgan fingerprint density at radius 1 is 0.442 bits per heavy atom. The van der Waals surface area contributed by atoms with Crippen LogP contribution in [-0.4, -0.2) is 69.4 Å². The van der Waals surface area contributed by atoms with Crippen molar-refractivity contribution in [3.63, 3.8) is 0 Å². The molecule has 0 rings (SSSR count). The zero-order valence-electron chi connectivity index (χ0n) is 51.9. The number of carbonyl (C=O) groups is 2. The zero-order chi connectivity index (χ0) is 56.4. The molecule has 0 heterocycles. The summed E-state index contributed by atoms with van der Waals surface area (Å²) in [6, 6.07) is -0.886. The van der Waals surface area contributed by atoms with Crippen LogP contribution in [0.2, 0.25) is 0 Å². The number of allylic oxidation sites excluding steroid dienone is 5. The number of unbranched alkanes of at least 4 members (excludes halogenated alkanes) is 41. The maximum atomic E-state index is 13.6. The number of esters is 1. The molecule has 3 atom stereocenters. The molecule has 0 radical (unpaired) electrons. The number of hydrogen-bond donors (Lipinski definition) is 1. The van der Waals surface area contributed by atoms with E-state index in [4.69, 9.17) is 13.8 Å². The van der Waals surface area contributed by atoms with Crippen molar-refractivity contribution >= 4 is 19.7 Å². The van der Waals surface area contributed by atoms with Gasteiger partial charge < -0.3 is 28.5 Å². The molecule has 9 nitrogen and oxygen atoms in total. The van der Waals surface area contributed by atoms with Crippen molar-refractivity contribution in [1.29, 1.82) is 0 Å². The van der Waals surface area contributed by atoms with Gasteiger partial charge in [-0.1, -0.05) is 269 Å². The molecule has 0 aliphatic carbocycles. The summed E-state index contributed by atoms with van der Waals surface area (Å²) < 4.78 is 30.3. The van der Waals surface area contributed by atoms with Crippen LogP contribution < -0.4 is 10.2 Å². The van der Waals surface area contributed by atoms with Crippen LogP contribution in [0.15, 0.2) is 36.5 Å². The van der Waals surface area contributed by atoms with E-state index in [1.54, 1.807) is 0 Å². The molecule has 1 N–H and O–H groups in total. The van der Waals surface area contributed by atoms with E-state index in [9.17, 15) is 19.0 Å². The maximum absolute atomic E-state index is 13.6. The van der Waals surface area contributed by atoms with Crippen LogP contribution in [0.25, 0.3) is 0 Å². The number of quaternary nitrogens is 1. The molecular formula is C67H129N2O7P. The van der Waals surface area contributed by atoms with Gasteiger partial charge in [0.25, 0.3) is 7.82 Å². The number of ether oxygens (including phenoxy) is 1. The third kappa shape index (κ3) is 58.7. The number of nitrogens with zero attached hydrogens (tertiary/aromatic N) is 1. The lowest BCUT2D eigenvalue weighted by molar-refractivity contribution is -0.870. The van der Waals surface area contributed by atoms with E-state index in [1.165, 1.54) is 225 Å². The molecule has 0 aliphatic heterocycles. The van der Waals surface area contributed by atoms with Crippen LogP contribution in [0.3, 0.4) is 0 Å². The topological polar surface area (TPSA) is 114 Å². The van der Waals surface area contributed by atoms with Gasteiger partial charge in [-0.2, -0.15) is 0 Å². The van der Waals surface area contributed by atoms with E-state index in [2.05, 4.69) is 50.4 Å². The monoisotopic (exact) mass is 1100 g/mol. The second-order valence-corrected chi connectivity index (χ2v) is 25.4. The van der Waals surface area contributed by atoms with Gasteiger partial charge in [-0.3, -0.25) is 14.2 Å². The van der Waals surface area contributed by atoms with Gasteiger partial charge in [0.1, 0.15) is 19.3 Å². The van der Waals surface area contributed by atoms with E-state index in [-0.39, 0.29) is 31.5 Å². The van der Waals surface area contributed by atoms with Gasteiger partial charge >= 0.3 is 5.97 Å². The third-order valence-corrected chi connectivity index (χ3v) is 16.0. The predicted molar refractivity (Wildman–Crippen MR) is 330 cm³/mol. The summed E-state index contributed by atoms with van der Waals surface area (Å²) in [6.07, 6.45) is 69.8. The molecule has 10 heteroatoms. The SMILES string of the molecule is CCCCCC/C=C\CCCCCCCCCC(=O)OC(/C=C\CCCCCCCCCCC)C(COP(=O)([O-])OCC[N+](C)(C)C)NC(=O)CCCCCCCCCCCCCCCCC/C=C/CCCCCCCC. The Morgan fingerprint density at radius 3 is 1.12 bits per heavy atom. The number of rotatable bonds is 61. The highest BCUT2D eigenvalue weighted by Crippen LogP contribution is 2.38. The minimum absolute atomic E-state index is 0.0207. The quantitative estimate of drug-likeness (QED) is 0.0212. The standard InChI is InChI=1S/C67H129N2O7P/c1-7-10-13-16-19-22-25-27-29-30-31-32-33-34-35-36-37-38-40-41-44-47-50-53-56-59-66(70)68-64(63-75-77(72,73)74-62-61-69(4,5)6)65(58-55-52-49-46-43-24-21-18-15-12-9-3)76-67(71)60-57-54-51-48-45-42-39-28-26-23-20-17-14-11-8-2/h23,26-27,29,55,58,64-65H,7-22,24-25,28,30-54,56-57,59-63H2,1-6H3,(H-,68,70,72,73)/b26-23-,29-27+,58-55-. The summed E-state index contributed by atoms with van der Waals surface area (Å²) in [7, 11) is 1.19. The second kappa shape index (κ2) is 57.5. The molecule has 454 valence electrons. The van der Waals surface area contributed by atoms with E-state index in [0.29, 0.717) is 17.4 Å². The van der Waals surface area contributed by atoms with E-state index < -0.39 is 20.0 Å². The molecule has 3 unspecified atom stereocenters. The largest absolute Gasteiger partial charge is 0.756 e. The first-order valence-corrected chi connectivity index (χ1v) is 34.8. The molecule has 0 aromatic heterocycles. The van der Waals surface area contributed by atoms with Crippen molar-refractivity contribution in [3.8, 4) is 0 Å². The lowest BCUT2D eigenvalue weighted by Crippen LogP contribution is -2.47. The van der Waals surface area contributed by atoms with Crippen molar-refractivity contribution in [2.75, 3.05) is 40.9 Å². The Kier molecular flexibility index (Phi) is 56.1. The summed E-state index contributed by atoms with van der Waals surface area (Å²) in [6.45, 7) is 6.86. The van der Waals surface area contributed by atoms with Gasteiger partial charge in [0, 0.05) is 12.8 Å². The fraction of sp³-hybridized carbons (Fsp3) is 0.881. The molecule has 1 amide bonds. The number of hydrogen-bond acceptors (Lipinski definition) is 7. The van der Waals surface area contributed by atoms with Gasteiger partial charge in [0.15, 0.2) is 0 Å². The Morgan fingerprint density at radius 2 is 0.753 bits per heavy atom. The number of amides is 1. The van der Waals surface area contributed by atoms with Crippen molar-refractivity contribution in [2.45, 2.75) is 341 Å². The molecule has 0 fully saturated rings. The summed E-state index contributed by atoms with van der Waals surface area (Å²) in [5.41, 5.74) is 0.